The van der Waals surface area contributed by atoms with Gasteiger partial charge < -0.3 is 20.1 Å². The highest BCUT2D eigenvalue weighted by atomic mass is 16.7. The average Bonchev–Trinajstić information content (AvgIpc) is 3.17. The number of amides is 1. The van der Waals surface area contributed by atoms with Crippen LogP contribution < -0.4 is 10.6 Å². The summed E-state index contributed by atoms with van der Waals surface area (Å²) in [7, 11) is 1.49. The van der Waals surface area contributed by atoms with Crippen molar-refractivity contribution in [3.05, 3.63) is 33.9 Å². The van der Waals surface area contributed by atoms with Gasteiger partial charge in [0.15, 0.2) is 5.79 Å². The number of nitrogens with one attached hydrogen (secondary N) is 2. The van der Waals surface area contributed by atoms with Crippen LogP contribution >= 0.6 is 0 Å². The Morgan fingerprint density at radius 1 is 1.39 bits per heavy atom. The summed E-state index contributed by atoms with van der Waals surface area (Å²) in [5, 5.41) is 16.9. The van der Waals surface area contributed by atoms with Gasteiger partial charge in [-0.05, 0) is 18.6 Å². The minimum Gasteiger partial charge on any atom is -0.377 e. The van der Waals surface area contributed by atoms with Gasteiger partial charge in [0.2, 0.25) is 0 Å². The molecule has 2 aliphatic rings. The van der Waals surface area contributed by atoms with E-state index in [9.17, 15) is 14.9 Å². The van der Waals surface area contributed by atoms with Crippen molar-refractivity contribution in [2.45, 2.75) is 31.1 Å². The zero-order valence-corrected chi connectivity index (χ0v) is 12.8. The Balaban J connectivity index is 1.77. The smallest absolute Gasteiger partial charge is 0.293 e. The first-order chi connectivity index (χ1) is 11.0. The second kappa shape index (κ2) is 6.13. The Morgan fingerprint density at radius 3 is 2.78 bits per heavy atom. The second-order valence-corrected chi connectivity index (χ2v) is 5.76. The summed E-state index contributed by atoms with van der Waals surface area (Å²) >= 11 is 0. The molecule has 1 spiro atoms. The fourth-order valence-corrected chi connectivity index (χ4v) is 3.17. The highest BCUT2D eigenvalue weighted by Gasteiger charge is 2.44. The number of hydrogen-bond acceptors (Lipinski definition) is 6. The summed E-state index contributed by atoms with van der Waals surface area (Å²) in [6.45, 7) is 1.18. The lowest BCUT2D eigenvalue weighted by molar-refractivity contribution is -0.384. The van der Waals surface area contributed by atoms with Gasteiger partial charge >= 0.3 is 0 Å². The molecule has 2 N–H and O–H groups in total. The molecule has 23 heavy (non-hydrogen) atoms. The van der Waals surface area contributed by atoms with Crippen molar-refractivity contribution in [2.75, 3.05) is 25.6 Å². The molecule has 1 aromatic rings. The van der Waals surface area contributed by atoms with Crippen LogP contribution in [-0.2, 0) is 9.47 Å². The number of nitro groups is 1. The van der Waals surface area contributed by atoms with E-state index < -0.39 is 10.7 Å². The molecule has 0 bridgehead atoms. The van der Waals surface area contributed by atoms with Crippen molar-refractivity contribution >= 4 is 17.3 Å². The Labute approximate surface area is 133 Å². The minimum atomic E-state index is -0.533. The number of ether oxygens (including phenoxy) is 2. The summed E-state index contributed by atoms with van der Waals surface area (Å²) in [6, 6.07) is 4.47. The molecule has 1 aliphatic heterocycles. The molecule has 1 amide bonds. The zero-order valence-electron chi connectivity index (χ0n) is 12.8. The Hall–Kier alpha value is -2.19. The third-order valence-corrected chi connectivity index (χ3v) is 4.29. The maximum absolute atomic E-state index is 11.6. The van der Waals surface area contributed by atoms with Crippen molar-refractivity contribution in [3.63, 3.8) is 0 Å². The van der Waals surface area contributed by atoms with Crippen LogP contribution in [-0.4, -0.2) is 42.9 Å². The van der Waals surface area contributed by atoms with Crippen molar-refractivity contribution in [2.24, 2.45) is 0 Å². The van der Waals surface area contributed by atoms with Crippen LogP contribution in [0.4, 0.5) is 11.4 Å². The number of carbonyl (C=O) groups excluding carboxylic acids is 1. The minimum absolute atomic E-state index is 0.0395. The highest BCUT2D eigenvalue weighted by Crippen LogP contribution is 2.39. The van der Waals surface area contributed by atoms with Crippen LogP contribution in [0.15, 0.2) is 18.2 Å². The molecular formula is C15H19N3O5. The van der Waals surface area contributed by atoms with Gasteiger partial charge in [-0.1, -0.05) is 0 Å². The lowest BCUT2D eigenvalue weighted by atomic mass is 10.1. The van der Waals surface area contributed by atoms with Crippen LogP contribution in [0.25, 0.3) is 0 Å². The predicted octanol–water partition coefficient (Wildman–Crippen LogP) is 1.66. The first-order valence-corrected chi connectivity index (χ1v) is 7.58. The van der Waals surface area contributed by atoms with E-state index in [0.29, 0.717) is 25.3 Å². The molecule has 124 valence electrons. The molecule has 0 aromatic heterocycles. The summed E-state index contributed by atoms with van der Waals surface area (Å²) in [4.78, 5) is 22.4. The molecule has 2 fully saturated rings. The zero-order chi connectivity index (χ0) is 16.4. The SMILES string of the molecule is CNC(=O)c1ccc(N[C@@H]2CCC3(C2)OCCO3)c([N+](=O)[O-])c1. The number of anilines is 1. The normalized spacial score (nSPS) is 22.2. The third-order valence-electron chi connectivity index (χ3n) is 4.29. The lowest BCUT2D eigenvalue weighted by Gasteiger charge is -2.22. The van der Waals surface area contributed by atoms with E-state index in [1.807, 2.05) is 0 Å². The van der Waals surface area contributed by atoms with Crippen LogP contribution in [0.1, 0.15) is 29.6 Å². The summed E-state index contributed by atoms with van der Waals surface area (Å²) < 4.78 is 11.3. The van der Waals surface area contributed by atoms with Crippen molar-refractivity contribution in [1.29, 1.82) is 0 Å². The summed E-state index contributed by atoms with van der Waals surface area (Å²) in [5.41, 5.74) is 0.554. The molecule has 0 radical (unpaired) electrons. The molecular weight excluding hydrogens is 302 g/mol. The molecule has 1 atom stereocenters. The van der Waals surface area contributed by atoms with Crippen LogP contribution in [0.3, 0.4) is 0 Å². The van der Waals surface area contributed by atoms with Gasteiger partial charge in [0, 0.05) is 37.6 Å². The van der Waals surface area contributed by atoms with Crippen LogP contribution in [0.5, 0.6) is 0 Å². The van der Waals surface area contributed by atoms with Gasteiger partial charge in [0.25, 0.3) is 11.6 Å². The van der Waals surface area contributed by atoms with Crippen molar-refractivity contribution in [1.82, 2.24) is 5.32 Å². The molecule has 0 unspecified atom stereocenters. The number of hydrogen-bond donors (Lipinski definition) is 2. The maximum atomic E-state index is 11.6. The van der Waals surface area contributed by atoms with E-state index in [1.54, 1.807) is 12.1 Å². The topological polar surface area (TPSA) is 103 Å². The van der Waals surface area contributed by atoms with Gasteiger partial charge in [-0.2, -0.15) is 0 Å². The number of nitrogens with zero attached hydrogens (tertiary/aromatic N) is 1. The molecule has 1 saturated carbocycles. The van der Waals surface area contributed by atoms with E-state index in [4.69, 9.17) is 9.47 Å². The first kappa shape index (κ1) is 15.7. The molecule has 8 nitrogen and oxygen atoms in total. The van der Waals surface area contributed by atoms with E-state index in [2.05, 4.69) is 10.6 Å². The Bertz CT molecular complexity index is 628. The second-order valence-electron chi connectivity index (χ2n) is 5.76. The predicted molar refractivity (Wildman–Crippen MR) is 82.4 cm³/mol. The van der Waals surface area contributed by atoms with E-state index in [1.165, 1.54) is 13.1 Å². The average molecular weight is 321 g/mol. The number of rotatable bonds is 4. The van der Waals surface area contributed by atoms with E-state index in [-0.39, 0.29) is 23.2 Å². The van der Waals surface area contributed by atoms with Gasteiger partial charge in [-0.15, -0.1) is 0 Å². The first-order valence-electron chi connectivity index (χ1n) is 7.58. The molecule has 1 aromatic carbocycles. The Kier molecular flexibility index (Phi) is 4.18. The Morgan fingerprint density at radius 2 is 2.13 bits per heavy atom. The van der Waals surface area contributed by atoms with Crippen molar-refractivity contribution < 1.29 is 19.2 Å². The monoisotopic (exact) mass is 321 g/mol. The largest absolute Gasteiger partial charge is 0.377 e. The van der Waals surface area contributed by atoms with Gasteiger partial charge in [-0.25, -0.2) is 0 Å². The lowest BCUT2D eigenvalue weighted by Crippen LogP contribution is -2.28. The third kappa shape index (κ3) is 3.13. The molecule has 3 rings (SSSR count). The maximum Gasteiger partial charge on any atom is 0.293 e. The standard InChI is InChI=1S/C15H19N3O5/c1-16-14(19)10-2-3-12(13(8-10)18(20)21)17-11-4-5-15(9-11)22-6-7-23-15/h2-3,8,11,17H,4-7,9H2,1H3,(H,16,19)/t11-/m1/s1. The van der Waals surface area contributed by atoms with Gasteiger partial charge in [-0.3, -0.25) is 14.9 Å². The van der Waals surface area contributed by atoms with Crippen LogP contribution in [0, 0.1) is 10.1 Å². The molecule has 1 heterocycles. The summed E-state index contributed by atoms with van der Waals surface area (Å²) in [5.74, 6) is -0.888. The quantitative estimate of drug-likeness (QED) is 0.646. The molecule has 1 aliphatic carbocycles. The number of nitro benzene ring substituents is 1. The highest BCUT2D eigenvalue weighted by molar-refractivity contribution is 5.95. The molecule has 1 saturated heterocycles. The summed E-state index contributed by atoms with van der Waals surface area (Å²) in [6.07, 6.45) is 2.24. The number of benzene rings is 1. The molecule has 8 heteroatoms. The fraction of sp³-hybridized carbons (Fsp3) is 0.533. The number of carbonyl (C=O) groups is 1. The van der Waals surface area contributed by atoms with E-state index in [0.717, 1.165) is 12.8 Å². The van der Waals surface area contributed by atoms with Gasteiger partial charge in [0.05, 0.1) is 18.1 Å². The van der Waals surface area contributed by atoms with Gasteiger partial charge in [0.1, 0.15) is 5.69 Å². The van der Waals surface area contributed by atoms with E-state index >= 15 is 0 Å². The van der Waals surface area contributed by atoms with Crippen LogP contribution in [0.2, 0.25) is 0 Å². The fourth-order valence-electron chi connectivity index (χ4n) is 3.17. The van der Waals surface area contributed by atoms with Crippen molar-refractivity contribution in [3.8, 4) is 0 Å².